The third-order valence-corrected chi connectivity index (χ3v) is 10.6. The molecule has 7 atom stereocenters. The molecule has 0 radical (unpaired) electrons. The van der Waals surface area contributed by atoms with E-state index >= 15 is 0 Å². The molecule has 7 rings (SSSR count). The smallest absolute Gasteiger partial charge is 0.165 e. The largest absolute Gasteiger partial charge is 0.493 e. The van der Waals surface area contributed by atoms with Gasteiger partial charge in [-0.2, -0.15) is 0 Å². The van der Waals surface area contributed by atoms with E-state index in [-0.39, 0.29) is 28.3 Å². The van der Waals surface area contributed by atoms with E-state index in [0.717, 1.165) is 50.1 Å². The van der Waals surface area contributed by atoms with Gasteiger partial charge in [-0.25, -0.2) is 0 Å². The molecule has 5 heteroatoms. The van der Waals surface area contributed by atoms with E-state index in [1.807, 2.05) is 14.0 Å². The quantitative estimate of drug-likeness (QED) is 0.772. The van der Waals surface area contributed by atoms with E-state index in [4.69, 9.17) is 14.2 Å². The highest BCUT2D eigenvalue weighted by atomic mass is 16.6. The van der Waals surface area contributed by atoms with Gasteiger partial charge in [0.2, 0.25) is 0 Å². The highest BCUT2D eigenvalue weighted by Crippen LogP contribution is 2.77. The monoisotopic (exact) mass is 427 g/mol. The molecule has 1 aromatic rings. The van der Waals surface area contributed by atoms with Crippen molar-refractivity contribution in [3.63, 3.8) is 0 Å². The number of fused-ring (bicyclic) bond motifs is 2. The predicted molar refractivity (Wildman–Crippen MR) is 119 cm³/mol. The van der Waals surface area contributed by atoms with E-state index < -0.39 is 11.2 Å². The molecule has 0 amide bonds. The first-order valence-electron chi connectivity index (χ1n) is 12.0. The van der Waals surface area contributed by atoms with Crippen LogP contribution in [-0.2, 0) is 16.6 Å². The molecular weight excluding hydrogens is 390 g/mol. The molecule has 6 aliphatic rings. The minimum Gasteiger partial charge on any atom is -0.493 e. The zero-order valence-electron chi connectivity index (χ0n) is 19.8. The number of nitrogens with one attached hydrogen (secondary N) is 1. The van der Waals surface area contributed by atoms with Crippen molar-refractivity contribution in [2.45, 2.75) is 88.6 Å². The Kier molecular flexibility index (Phi) is 3.79. The second-order valence-corrected chi connectivity index (χ2v) is 12.0. The molecule has 2 heterocycles. The molecule has 0 aromatic heterocycles. The maximum Gasteiger partial charge on any atom is 0.165 e. The molecule has 2 N–H and O–H groups in total. The van der Waals surface area contributed by atoms with E-state index in [0.29, 0.717) is 6.04 Å². The Labute approximate surface area is 185 Å². The molecule has 170 valence electrons. The van der Waals surface area contributed by atoms with Gasteiger partial charge in [0.05, 0.1) is 12.7 Å². The van der Waals surface area contributed by atoms with Gasteiger partial charge in [0, 0.05) is 35.5 Å². The maximum atomic E-state index is 12.0. The van der Waals surface area contributed by atoms with Gasteiger partial charge in [-0.15, -0.1) is 0 Å². The number of methoxy groups -OCH3 is 2. The van der Waals surface area contributed by atoms with Crippen LogP contribution < -0.4 is 14.8 Å². The summed E-state index contributed by atoms with van der Waals surface area (Å²) >= 11 is 0. The van der Waals surface area contributed by atoms with Gasteiger partial charge in [0.25, 0.3) is 0 Å². The standard InChI is InChI=1S/C26H37NO4/c1-22(2,3)23(4,28)17-14-24-9-10-26(17,30-6)21-25(24)11-12-27-18(24)13-15-7-8-16(29-5)20(31-21)19(15)25/h7-8,17-18,21,27-28H,9-14H2,1-6H3/t17-,18-,21-,23-,24-,25+,26-/m1/s1. The summed E-state index contributed by atoms with van der Waals surface area (Å²) in [5.41, 5.74) is 1.13. The summed E-state index contributed by atoms with van der Waals surface area (Å²) in [6, 6.07) is 4.73. The molecule has 2 aliphatic heterocycles. The Balaban J connectivity index is 1.64. The van der Waals surface area contributed by atoms with Crippen LogP contribution in [0.3, 0.4) is 0 Å². The maximum absolute atomic E-state index is 12.0. The molecule has 2 spiro atoms. The van der Waals surface area contributed by atoms with Gasteiger partial charge < -0.3 is 24.6 Å². The van der Waals surface area contributed by atoms with Gasteiger partial charge in [-0.3, -0.25) is 0 Å². The van der Waals surface area contributed by atoms with Crippen LogP contribution in [-0.4, -0.2) is 49.2 Å². The number of aliphatic hydroxyl groups is 1. The lowest BCUT2D eigenvalue weighted by atomic mass is 9.33. The fourth-order valence-corrected chi connectivity index (χ4v) is 8.68. The summed E-state index contributed by atoms with van der Waals surface area (Å²) in [5.74, 6) is 1.77. The topological polar surface area (TPSA) is 60.0 Å². The minimum absolute atomic E-state index is 0.00105. The van der Waals surface area contributed by atoms with Crippen molar-refractivity contribution in [1.29, 1.82) is 0 Å². The van der Waals surface area contributed by atoms with Crippen LogP contribution in [0.4, 0.5) is 0 Å². The summed E-state index contributed by atoms with van der Waals surface area (Å²) in [6.07, 6.45) is 4.99. The summed E-state index contributed by atoms with van der Waals surface area (Å²) in [6.45, 7) is 9.48. The molecular formula is C26H37NO4. The second kappa shape index (κ2) is 5.78. The van der Waals surface area contributed by atoms with Crippen LogP contribution in [0.2, 0.25) is 0 Å². The van der Waals surface area contributed by atoms with Crippen molar-refractivity contribution in [2.24, 2.45) is 16.7 Å². The Morgan fingerprint density at radius 3 is 2.58 bits per heavy atom. The summed E-state index contributed by atoms with van der Waals surface area (Å²) in [7, 11) is 3.57. The molecule has 4 bridgehead atoms. The number of piperidine rings is 1. The van der Waals surface area contributed by atoms with Gasteiger partial charge in [-0.05, 0) is 62.6 Å². The van der Waals surface area contributed by atoms with Gasteiger partial charge in [-0.1, -0.05) is 26.8 Å². The van der Waals surface area contributed by atoms with Crippen molar-refractivity contribution >= 4 is 0 Å². The van der Waals surface area contributed by atoms with E-state index in [1.165, 1.54) is 11.1 Å². The first kappa shape index (κ1) is 20.3. The summed E-state index contributed by atoms with van der Waals surface area (Å²) < 4.78 is 19.3. The zero-order chi connectivity index (χ0) is 22.0. The third kappa shape index (κ3) is 1.98. The highest BCUT2D eigenvalue weighted by Gasteiger charge is 2.81. The molecule has 4 fully saturated rings. The van der Waals surface area contributed by atoms with Gasteiger partial charge in [0.15, 0.2) is 11.5 Å². The lowest BCUT2D eigenvalue weighted by Crippen LogP contribution is -2.83. The number of benzene rings is 1. The SMILES string of the molecule is COc1ccc2c3c1O[C@H]1[C@@]4(OC)CC[C@@]5(C[C@@H]4[C@@](C)(O)C(C)(C)C)[C@@H](C2)NCC[C@]315. The van der Waals surface area contributed by atoms with Crippen LogP contribution >= 0.6 is 0 Å². The van der Waals surface area contributed by atoms with Crippen LogP contribution in [0.15, 0.2) is 12.1 Å². The van der Waals surface area contributed by atoms with Gasteiger partial charge in [0.1, 0.15) is 11.7 Å². The van der Waals surface area contributed by atoms with Crippen molar-refractivity contribution in [3.8, 4) is 11.5 Å². The van der Waals surface area contributed by atoms with E-state index in [1.54, 1.807) is 7.11 Å². The Bertz CT molecular complexity index is 951. The summed E-state index contributed by atoms with van der Waals surface area (Å²) in [5, 5.41) is 15.9. The number of ether oxygens (including phenoxy) is 3. The second-order valence-electron chi connectivity index (χ2n) is 12.0. The first-order chi connectivity index (χ1) is 14.6. The predicted octanol–water partition coefficient (Wildman–Crippen LogP) is 3.59. The third-order valence-electron chi connectivity index (χ3n) is 10.6. The number of hydrogen-bond donors (Lipinski definition) is 2. The average Bonchev–Trinajstić information content (AvgIpc) is 3.09. The van der Waals surface area contributed by atoms with Crippen molar-refractivity contribution in [3.05, 3.63) is 23.3 Å². The normalized spacial score (nSPS) is 43.8. The highest BCUT2D eigenvalue weighted by molar-refractivity contribution is 5.63. The van der Waals surface area contributed by atoms with Crippen molar-refractivity contribution in [2.75, 3.05) is 20.8 Å². The zero-order valence-corrected chi connectivity index (χ0v) is 19.8. The fourth-order valence-electron chi connectivity index (χ4n) is 8.68. The van der Waals surface area contributed by atoms with Crippen LogP contribution in [0, 0.1) is 16.7 Å². The van der Waals surface area contributed by atoms with Crippen molar-refractivity contribution in [1.82, 2.24) is 5.32 Å². The van der Waals surface area contributed by atoms with Gasteiger partial charge >= 0.3 is 0 Å². The molecule has 3 saturated carbocycles. The molecule has 31 heavy (non-hydrogen) atoms. The Hall–Kier alpha value is -1.30. The van der Waals surface area contributed by atoms with E-state index in [9.17, 15) is 5.11 Å². The summed E-state index contributed by atoms with van der Waals surface area (Å²) in [4.78, 5) is 0. The lowest BCUT2D eigenvalue weighted by Gasteiger charge is -2.74. The molecule has 0 unspecified atom stereocenters. The molecule has 5 nitrogen and oxygen atoms in total. The number of hydrogen-bond acceptors (Lipinski definition) is 5. The van der Waals surface area contributed by atoms with Crippen LogP contribution in [0.25, 0.3) is 0 Å². The van der Waals surface area contributed by atoms with E-state index in [2.05, 4.69) is 38.2 Å². The Morgan fingerprint density at radius 1 is 1.13 bits per heavy atom. The molecule has 4 aliphatic carbocycles. The first-order valence-corrected chi connectivity index (χ1v) is 12.0. The minimum atomic E-state index is -0.880. The average molecular weight is 428 g/mol. The number of rotatable bonds is 3. The van der Waals surface area contributed by atoms with Crippen LogP contribution in [0.5, 0.6) is 11.5 Å². The van der Waals surface area contributed by atoms with Crippen molar-refractivity contribution < 1.29 is 19.3 Å². The Morgan fingerprint density at radius 2 is 1.90 bits per heavy atom. The molecule has 1 aromatic carbocycles. The van der Waals surface area contributed by atoms with Crippen LogP contribution in [0.1, 0.15) is 64.5 Å². The molecule has 1 saturated heterocycles. The lowest BCUT2D eigenvalue weighted by molar-refractivity contribution is -0.303. The fraction of sp³-hybridized carbons (Fsp3) is 0.769.